The van der Waals surface area contributed by atoms with Crippen molar-refractivity contribution >= 4 is 5.97 Å². The summed E-state index contributed by atoms with van der Waals surface area (Å²) in [5.41, 5.74) is 0. The van der Waals surface area contributed by atoms with Crippen molar-refractivity contribution in [3.05, 3.63) is 12.2 Å². The van der Waals surface area contributed by atoms with Crippen LogP contribution in [0.3, 0.4) is 0 Å². The Bertz CT molecular complexity index is 436. The molecule has 2 rings (SSSR count). The number of carbonyl (C=O) groups excluding carboxylic acids is 1. The van der Waals surface area contributed by atoms with Crippen LogP contribution in [0.4, 0.5) is 0 Å². The molecule has 0 unspecified atom stereocenters. The van der Waals surface area contributed by atoms with E-state index in [-0.39, 0.29) is 6.10 Å². The monoisotopic (exact) mass is 314 g/mol. The molecule has 2 heterocycles. The summed E-state index contributed by atoms with van der Waals surface area (Å²) < 4.78 is 28.4. The Morgan fingerprint density at radius 1 is 1.14 bits per heavy atom. The number of esters is 1. The summed E-state index contributed by atoms with van der Waals surface area (Å²) in [5, 5.41) is 0. The number of allylic oxidation sites excluding steroid dienone is 1. The fourth-order valence-corrected chi connectivity index (χ4v) is 2.74. The van der Waals surface area contributed by atoms with E-state index in [4.69, 9.17) is 23.7 Å². The zero-order chi connectivity index (χ0) is 16.4. The van der Waals surface area contributed by atoms with E-state index < -0.39 is 29.8 Å². The topological polar surface area (TPSA) is 63.2 Å². The molecule has 1 saturated heterocycles. The van der Waals surface area contributed by atoms with Crippen LogP contribution in [0.2, 0.25) is 0 Å². The molecule has 0 N–H and O–H groups in total. The van der Waals surface area contributed by atoms with Crippen molar-refractivity contribution < 1.29 is 28.5 Å². The highest BCUT2D eigenvalue weighted by Gasteiger charge is 2.58. The first kappa shape index (κ1) is 17.4. The molecule has 0 saturated carbocycles. The highest BCUT2D eigenvalue weighted by atomic mass is 16.8. The standard InChI is InChI=1S/C16H26O6/c1-11-9-7-6-8-10-12-13(14(17)20-11)22-16(3,19-5)15(2,18-4)21-12/h6-7,11-13H,8-10H2,1-5H3/b7-6-/t11-,12+,13-,15-,16-/m1/s1. The number of hydrogen-bond acceptors (Lipinski definition) is 6. The van der Waals surface area contributed by atoms with Crippen LogP contribution in [0.5, 0.6) is 0 Å². The quantitative estimate of drug-likeness (QED) is 0.575. The highest BCUT2D eigenvalue weighted by molar-refractivity contribution is 5.76. The SMILES string of the molecule is CO[C@]1(C)O[C@H]2CC/C=C\C[C@@H](C)OC(=O)[C@@H]2O[C@@]1(C)OC. The fraction of sp³-hybridized carbons (Fsp3) is 0.812. The Hall–Kier alpha value is -0.950. The second-order valence-corrected chi connectivity index (χ2v) is 6.03. The van der Waals surface area contributed by atoms with Gasteiger partial charge in [-0.25, -0.2) is 4.79 Å². The Labute approximate surface area is 131 Å². The molecular weight excluding hydrogens is 288 g/mol. The molecule has 5 atom stereocenters. The molecule has 0 bridgehead atoms. The molecule has 0 spiro atoms. The number of carbonyl (C=O) groups is 1. The lowest BCUT2D eigenvalue weighted by molar-refractivity contribution is -0.444. The number of hydrogen-bond donors (Lipinski definition) is 0. The molecule has 0 aromatic carbocycles. The molecule has 6 heteroatoms. The van der Waals surface area contributed by atoms with Crippen LogP contribution in [0.25, 0.3) is 0 Å². The zero-order valence-corrected chi connectivity index (χ0v) is 14.0. The molecule has 2 aliphatic heterocycles. The summed E-state index contributed by atoms with van der Waals surface area (Å²) in [5.74, 6) is -2.73. The van der Waals surface area contributed by atoms with Gasteiger partial charge in [-0.1, -0.05) is 12.2 Å². The minimum atomic E-state index is -1.20. The molecule has 6 nitrogen and oxygen atoms in total. The molecule has 126 valence electrons. The molecule has 22 heavy (non-hydrogen) atoms. The second kappa shape index (κ2) is 6.66. The van der Waals surface area contributed by atoms with Crippen molar-refractivity contribution in [1.82, 2.24) is 0 Å². The lowest BCUT2D eigenvalue weighted by Gasteiger charge is -2.51. The van der Waals surface area contributed by atoms with Gasteiger partial charge in [0, 0.05) is 20.6 Å². The maximum Gasteiger partial charge on any atom is 0.338 e. The first-order chi connectivity index (χ1) is 10.3. The van der Waals surface area contributed by atoms with Gasteiger partial charge in [0.1, 0.15) is 6.10 Å². The van der Waals surface area contributed by atoms with E-state index in [0.29, 0.717) is 12.8 Å². The predicted molar refractivity (Wildman–Crippen MR) is 79.1 cm³/mol. The molecule has 2 aliphatic rings. The average molecular weight is 314 g/mol. The number of rotatable bonds is 2. The maximum atomic E-state index is 12.4. The van der Waals surface area contributed by atoms with E-state index in [2.05, 4.69) is 6.08 Å². The van der Waals surface area contributed by atoms with Gasteiger partial charge < -0.3 is 23.7 Å². The van der Waals surface area contributed by atoms with Gasteiger partial charge in [0.05, 0.1) is 6.10 Å². The van der Waals surface area contributed by atoms with Crippen molar-refractivity contribution in [2.75, 3.05) is 14.2 Å². The molecule has 0 radical (unpaired) electrons. The van der Waals surface area contributed by atoms with Crippen molar-refractivity contribution in [3.63, 3.8) is 0 Å². The summed E-state index contributed by atoms with van der Waals surface area (Å²) in [6.45, 7) is 5.30. The van der Waals surface area contributed by atoms with Gasteiger partial charge in [-0.2, -0.15) is 0 Å². The molecule has 1 fully saturated rings. The van der Waals surface area contributed by atoms with Crippen LogP contribution in [-0.4, -0.2) is 50.1 Å². The maximum absolute atomic E-state index is 12.4. The first-order valence-electron chi connectivity index (χ1n) is 7.66. The van der Waals surface area contributed by atoms with Gasteiger partial charge in [-0.3, -0.25) is 0 Å². The lowest BCUT2D eigenvalue weighted by atomic mass is 10.00. The Balaban J connectivity index is 2.29. The summed E-state index contributed by atoms with van der Waals surface area (Å²) in [6, 6.07) is 0. The third-order valence-electron chi connectivity index (χ3n) is 4.47. The lowest BCUT2D eigenvalue weighted by Crippen LogP contribution is -2.66. The van der Waals surface area contributed by atoms with E-state index in [0.717, 1.165) is 6.42 Å². The van der Waals surface area contributed by atoms with E-state index >= 15 is 0 Å². The van der Waals surface area contributed by atoms with Crippen molar-refractivity contribution in [1.29, 1.82) is 0 Å². The van der Waals surface area contributed by atoms with Gasteiger partial charge in [0.15, 0.2) is 6.10 Å². The van der Waals surface area contributed by atoms with Crippen LogP contribution in [0, 0.1) is 0 Å². The van der Waals surface area contributed by atoms with E-state index in [1.807, 2.05) is 13.0 Å². The molecule has 0 aromatic rings. The third-order valence-corrected chi connectivity index (χ3v) is 4.47. The van der Waals surface area contributed by atoms with Gasteiger partial charge in [-0.05, 0) is 33.6 Å². The van der Waals surface area contributed by atoms with Crippen LogP contribution in [-0.2, 0) is 28.5 Å². The summed E-state index contributed by atoms with van der Waals surface area (Å²) in [4.78, 5) is 12.4. The molecule has 0 aliphatic carbocycles. The molecule has 0 aromatic heterocycles. The number of ether oxygens (including phenoxy) is 5. The highest BCUT2D eigenvalue weighted by Crippen LogP contribution is 2.40. The second-order valence-electron chi connectivity index (χ2n) is 6.03. The summed E-state index contributed by atoms with van der Waals surface area (Å²) in [6.07, 6.45) is 4.76. The van der Waals surface area contributed by atoms with Crippen LogP contribution < -0.4 is 0 Å². The first-order valence-corrected chi connectivity index (χ1v) is 7.66. The third kappa shape index (κ3) is 3.20. The van der Waals surface area contributed by atoms with Crippen molar-refractivity contribution in [3.8, 4) is 0 Å². The number of cyclic esters (lactones) is 1. The minimum Gasteiger partial charge on any atom is -0.460 e. The predicted octanol–water partition coefficient (Wildman–Crippen LogP) is 2.17. The van der Waals surface area contributed by atoms with Crippen molar-refractivity contribution in [2.45, 2.75) is 69.9 Å². The van der Waals surface area contributed by atoms with Gasteiger partial charge >= 0.3 is 5.97 Å². The number of methoxy groups -OCH3 is 2. The Morgan fingerprint density at radius 3 is 2.41 bits per heavy atom. The smallest absolute Gasteiger partial charge is 0.338 e. The Morgan fingerprint density at radius 2 is 1.77 bits per heavy atom. The fourth-order valence-electron chi connectivity index (χ4n) is 2.74. The van der Waals surface area contributed by atoms with Crippen LogP contribution in [0.15, 0.2) is 12.2 Å². The average Bonchev–Trinajstić information content (AvgIpc) is 2.49. The minimum absolute atomic E-state index is 0.198. The summed E-state index contributed by atoms with van der Waals surface area (Å²) in [7, 11) is 3.03. The van der Waals surface area contributed by atoms with Crippen molar-refractivity contribution in [2.24, 2.45) is 0 Å². The molecular formula is C16H26O6. The van der Waals surface area contributed by atoms with Gasteiger partial charge in [0.2, 0.25) is 11.6 Å². The largest absolute Gasteiger partial charge is 0.460 e. The van der Waals surface area contributed by atoms with Crippen LogP contribution >= 0.6 is 0 Å². The normalized spacial score (nSPS) is 44.8. The van der Waals surface area contributed by atoms with Gasteiger partial charge in [0.25, 0.3) is 0 Å². The van der Waals surface area contributed by atoms with E-state index in [9.17, 15) is 4.79 Å². The van der Waals surface area contributed by atoms with Crippen LogP contribution in [0.1, 0.15) is 40.0 Å². The molecule has 0 amide bonds. The Kier molecular flexibility index (Phi) is 5.27. The zero-order valence-electron chi connectivity index (χ0n) is 14.0. The number of fused-ring (bicyclic) bond motifs is 1. The summed E-state index contributed by atoms with van der Waals surface area (Å²) >= 11 is 0. The van der Waals surface area contributed by atoms with Gasteiger partial charge in [-0.15, -0.1) is 0 Å². The van der Waals surface area contributed by atoms with E-state index in [1.165, 1.54) is 14.2 Å². The van der Waals surface area contributed by atoms with E-state index in [1.54, 1.807) is 13.8 Å².